The van der Waals surface area contributed by atoms with E-state index in [0.717, 1.165) is 0 Å². The van der Waals surface area contributed by atoms with E-state index in [1.54, 1.807) is 0 Å². The molecule has 5 heteroatoms. The first-order chi connectivity index (χ1) is 5.54. The third-order valence-electron chi connectivity index (χ3n) is 2.70. The highest BCUT2D eigenvalue weighted by Crippen LogP contribution is 2.21. The van der Waals surface area contributed by atoms with Crippen LogP contribution in [0, 0.1) is 0 Å². The number of hydrogen-bond acceptors (Lipinski definition) is 4. The van der Waals surface area contributed by atoms with Crippen molar-refractivity contribution in [3.63, 3.8) is 0 Å². The zero-order valence-corrected chi connectivity index (χ0v) is 8.15. The summed E-state index contributed by atoms with van der Waals surface area (Å²) in [7, 11) is -0.931. The predicted molar refractivity (Wildman–Crippen MR) is 48.7 cm³/mol. The first kappa shape index (κ1) is 9.95. The van der Waals surface area contributed by atoms with Gasteiger partial charge >= 0.3 is 0 Å². The molecule has 1 rings (SSSR count). The molecule has 1 aliphatic rings. The second-order valence-corrected chi connectivity index (χ2v) is 5.69. The Kier molecular flexibility index (Phi) is 2.75. The molecule has 0 amide bonds. The molecule has 1 aliphatic heterocycles. The third kappa shape index (κ3) is 1.97. The van der Waals surface area contributed by atoms with Crippen molar-refractivity contribution < 1.29 is 8.42 Å². The lowest BCUT2D eigenvalue weighted by Crippen LogP contribution is -2.54. The molecule has 0 spiro atoms. The molecule has 0 atom stereocenters. The molecule has 0 aromatic heterocycles. The van der Waals surface area contributed by atoms with Crippen molar-refractivity contribution in [3.05, 3.63) is 0 Å². The van der Waals surface area contributed by atoms with Gasteiger partial charge in [-0.3, -0.25) is 0 Å². The lowest BCUT2D eigenvalue weighted by Gasteiger charge is -2.35. The SMILES string of the molecule is CNC1(CN)CCS(=O)(=O)CC1. The molecule has 0 radical (unpaired) electrons. The van der Waals surface area contributed by atoms with Gasteiger partial charge in [0.05, 0.1) is 11.5 Å². The van der Waals surface area contributed by atoms with Crippen molar-refractivity contribution >= 4 is 9.84 Å². The Morgan fingerprint density at radius 1 is 1.42 bits per heavy atom. The van der Waals surface area contributed by atoms with Crippen LogP contribution < -0.4 is 11.1 Å². The van der Waals surface area contributed by atoms with Gasteiger partial charge in [0.1, 0.15) is 9.84 Å². The fourth-order valence-corrected chi connectivity index (χ4v) is 3.09. The fraction of sp³-hybridized carbons (Fsp3) is 1.00. The second kappa shape index (κ2) is 3.32. The Morgan fingerprint density at radius 2 is 1.92 bits per heavy atom. The first-order valence-electron chi connectivity index (χ1n) is 4.13. The number of nitrogens with one attached hydrogen (secondary N) is 1. The normalized spacial score (nSPS) is 26.8. The van der Waals surface area contributed by atoms with E-state index in [9.17, 15) is 8.42 Å². The highest BCUT2D eigenvalue weighted by molar-refractivity contribution is 7.91. The summed E-state index contributed by atoms with van der Waals surface area (Å²) in [5.41, 5.74) is 5.45. The summed E-state index contributed by atoms with van der Waals surface area (Å²) in [6.45, 7) is 0.513. The van der Waals surface area contributed by atoms with Crippen LogP contribution in [0.2, 0.25) is 0 Å². The smallest absolute Gasteiger partial charge is 0.150 e. The summed E-state index contributed by atoms with van der Waals surface area (Å²) in [5, 5.41) is 3.12. The predicted octanol–water partition coefficient (Wildman–Crippen LogP) is -0.888. The van der Waals surface area contributed by atoms with Crippen LogP contribution in [-0.4, -0.2) is 39.1 Å². The van der Waals surface area contributed by atoms with Crippen molar-refractivity contribution in [2.45, 2.75) is 18.4 Å². The molecule has 1 fully saturated rings. The molecule has 72 valence electrons. The second-order valence-electron chi connectivity index (χ2n) is 3.39. The summed E-state index contributed by atoms with van der Waals surface area (Å²) < 4.78 is 22.2. The van der Waals surface area contributed by atoms with Gasteiger partial charge in [-0.2, -0.15) is 0 Å². The average molecular weight is 192 g/mol. The summed E-state index contributed by atoms with van der Waals surface area (Å²) in [5.74, 6) is 0.538. The summed E-state index contributed by atoms with van der Waals surface area (Å²) >= 11 is 0. The van der Waals surface area contributed by atoms with E-state index in [0.29, 0.717) is 19.4 Å². The molecule has 1 heterocycles. The summed E-state index contributed by atoms with van der Waals surface area (Å²) in [6.07, 6.45) is 1.28. The molecule has 0 bridgehead atoms. The van der Waals surface area contributed by atoms with Crippen LogP contribution in [-0.2, 0) is 9.84 Å². The van der Waals surface area contributed by atoms with Gasteiger partial charge in [-0.05, 0) is 19.9 Å². The van der Waals surface area contributed by atoms with Crippen LogP contribution in [0.4, 0.5) is 0 Å². The molecular weight excluding hydrogens is 176 g/mol. The van der Waals surface area contributed by atoms with E-state index in [4.69, 9.17) is 5.73 Å². The minimum Gasteiger partial charge on any atom is -0.329 e. The Labute approximate surface area is 73.4 Å². The van der Waals surface area contributed by atoms with Gasteiger partial charge in [0.15, 0.2) is 0 Å². The largest absolute Gasteiger partial charge is 0.329 e. The molecule has 0 saturated carbocycles. The van der Waals surface area contributed by atoms with E-state index in [-0.39, 0.29) is 17.0 Å². The fourth-order valence-electron chi connectivity index (χ4n) is 1.48. The van der Waals surface area contributed by atoms with Crippen molar-refractivity contribution in [1.82, 2.24) is 5.32 Å². The highest BCUT2D eigenvalue weighted by Gasteiger charge is 2.34. The quantitative estimate of drug-likeness (QED) is 0.595. The third-order valence-corrected chi connectivity index (χ3v) is 4.36. The lowest BCUT2D eigenvalue weighted by atomic mass is 9.93. The minimum atomic E-state index is -2.77. The molecule has 1 saturated heterocycles. The van der Waals surface area contributed by atoms with Crippen LogP contribution in [0.15, 0.2) is 0 Å². The van der Waals surface area contributed by atoms with Crippen LogP contribution in [0.1, 0.15) is 12.8 Å². The molecule has 0 unspecified atom stereocenters. The highest BCUT2D eigenvalue weighted by atomic mass is 32.2. The van der Waals surface area contributed by atoms with E-state index in [1.165, 1.54) is 0 Å². The van der Waals surface area contributed by atoms with Crippen LogP contribution >= 0.6 is 0 Å². The Morgan fingerprint density at radius 3 is 2.25 bits per heavy atom. The monoisotopic (exact) mass is 192 g/mol. The molecule has 12 heavy (non-hydrogen) atoms. The maximum absolute atomic E-state index is 11.1. The summed E-state index contributed by atoms with van der Waals surface area (Å²) in [4.78, 5) is 0. The van der Waals surface area contributed by atoms with E-state index >= 15 is 0 Å². The van der Waals surface area contributed by atoms with E-state index < -0.39 is 9.84 Å². The van der Waals surface area contributed by atoms with Crippen molar-refractivity contribution in [1.29, 1.82) is 0 Å². The summed E-state index contributed by atoms with van der Waals surface area (Å²) in [6, 6.07) is 0. The van der Waals surface area contributed by atoms with Gasteiger partial charge in [0.25, 0.3) is 0 Å². The molecule has 4 nitrogen and oxygen atoms in total. The Bertz CT molecular complexity index is 228. The maximum Gasteiger partial charge on any atom is 0.150 e. The van der Waals surface area contributed by atoms with Gasteiger partial charge in [0.2, 0.25) is 0 Å². The Balaban J connectivity index is 2.66. The van der Waals surface area contributed by atoms with Gasteiger partial charge in [-0.25, -0.2) is 8.42 Å². The van der Waals surface area contributed by atoms with Gasteiger partial charge in [0, 0.05) is 12.1 Å². The number of sulfone groups is 1. The van der Waals surface area contributed by atoms with Gasteiger partial charge in [-0.15, -0.1) is 0 Å². The van der Waals surface area contributed by atoms with E-state index in [2.05, 4.69) is 5.32 Å². The lowest BCUT2D eigenvalue weighted by molar-refractivity contribution is 0.325. The zero-order valence-electron chi connectivity index (χ0n) is 7.34. The first-order valence-corrected chi connectivity index (χ1v) is 5.95. The molecule has 0 aromatic rings. The maximum atomic E-state index is 11.1. The topological polar surface area (TPSA) is 72.2 Å². The molecule has 0 aliphatic carbocycles. The zero-order chi connectivity index (χ0) is 9.24. The van der Waals surface area contributed by atoms with Crippen molar-refractivity contribution in [2.75, 3.05) is 25.1 Å². The van der Waals surface area contributed by atoms with Gasteiger partial charge < -0.3 is 11.1 Å². The number of likely N-dealkylation sites (N-methyl/N-ethyl adjacent to an activating group) is 1. The van der Waals surface area contributed by atoms with E-state index in [1.807, 2.05) is 7.05 Å². The number of hydrogen-bond donors (Lipinski definition) is 2. The van der Waals surface area contributed by atoms with Crippen molar-refractivity contribution in [2.24, 2.45) is 5.73 Å². The minimum absolute atomic E-state index is 0.134. The van der Waals surface area contributed by atoms with Gasteiger partial charge in [-0.1, -0.05) is 0 Å². The van der Waals surface area contributed by atoms with Crippen LogP contribution in [0.25, 0.3) is 0 Å². The standard InChI is InChI=1S/C7H16N2O2S/c1-9-7(6-8)2-4-12(10,11)5-3-7/h9H,2-6,8H2,1H3. The molecular formula is C7H16N2O2S. The molecule has 0 aromatic carbocycles. The van der Waals surface area contributed by atoms with Crippen molar-refractivity contribution in [3.8, 4) is 0 Å². The van der Waals surface area contributed by atoms with Crippen LogP contribution in [0.5, 0.6) is 0 Å². The number of rotatable bonds is 2. The van der Waals surface area contributed by atoms with Crippen LogP contribution in [0.3, 0.4) is 0 Å². The number of nitrogens with two attached hydrogens (primary N) is 1. The average Bonchev–Trinajstić information content (AvgIpc) is 2.06. The Hall–Kier alpha value is -0.130. The molecule has 3 N–H and O–H groups in total.